The predicted octanol–water partition coefficient (Wildman–Crippen LogP) is 4.84. The van der Waals surface area contributed by atoms with Crippen molar-refractivity contribution in [3.63, 3.8) is 0 Å². The van der Waals surface area contributed by atoms with Crippen LogP contribution in [0.2, 0.25) is 0 Å². The number of aromatic nitrogens is 2. The second-order valence-corrected chi connectivity index (χ2v) is 11.5. The van der Waals surface area contributed by atoms with Crippen LogP contribution in [0.3, 0.4) is 0 Å². The number of benzene rings is 3. The molecule has 0 saturated carbocycles. The fraction of sp³-hybridized carbons (Fsp3) is 0.267. The van der Waals surface area contributed by atoms with E-state index in [0.29, 0.717) is 24.4 Å². The van der Waals surface area contributed by atoms with E-state index in [2.05, 4.69) is 9.71 Å². The van der Waals surface area contributed by atoms with Gasteiger partial charge in [-0.3, -0.25) is 4.79 Å². The molecule has 1 aliphatic rings. The molecule has 1 amide bonds. The van der Waals surface area contributed by atoms with E-state index in [1.807, 2.05) is 66.3 Å². The maximum atomic E-state index is 13.8. The highest BCUT2D eigenvalue weighted by atomic mass is 32.2. The van der Waals surface area contributed by atoms with Gasteiger partial charge in [0.05, 0.1) is 24.0 Å². The van der Waals surface area contributed by atoms with Crippen molar-refractivity contribution in [2.45, 2.75) is 42.8 Å². The van der Waals surface area contributed by atoms with Crippen molar-refractivity contribution in [2.24, 2.45) is 7.05 Å². The van der Waals surface area contributed by atoms with Crippen LogP contribution in [0.1, 0.15) is 47.5 Å². The molecular formula is C30H31FN4O4S. The molecule has 0 spiro atoms. The van der Waals surface area contributed by atoms with E-state index in [1.165, 1.54) is 18.2 Å². The van der Waals surface area contributed by atoms with Crippen LogP contribution >= 0.6 is 0 Å². The zero-order valence-electron chi connectivity index (χ0n) is 22.3. The Bertz CT molecular complexity index is 1610. The van der Waals surface area contributed by atoms with Crippen molar-refractivity contribution in [1.82, 2.24) is 14.3 Å². The molecule has 0 radical (unpaired) electrons. The summed E-state index contributed by atoms with van der Waals surface area (Å²) in [6, 6.07) is 19.7. The average Bonchev–Trinajstić information content (AvgIpc) is 3.55. The average molecular weight is 563 g/mol. The Hall–Kier alpha value is -3.86. The number of fused-ring (bicyclic) bond motifs is 1. The summed E-state index contributed by atoms with van der Waals surface area (Å²) in [5.41, 5.74) is 3.32. The van der Waals surface area contributed by atoms with Crippen LogP contribution in [0.25, 0.3) is 0 Å². The third-order valence-electron chi connectivity index (χ3n) is 7.26. The van der Waals surface area contributed by atoms with E-state index in [-0.39, 0.29) is 23.8 Å². The van der Waals surface area contributed by atoms with Gasteiger partial charge in [0.15, 0.2) is 0 Å². The number of sulfonamides is 1. The van der Waals surface area contributed by atoms with Crippen LogP contribution in [0, 0.1) is 5.82 Å². The Kier molecular flexibility index (Phi) is 8.11. The Morgan fingerprint density at radius 3 is 2.65 bits per heavy atom. The highest BCUT2D eigenvalue weighted by Crippen LogP contribution is 2.36. The van der Waals surface area contributed by atoms with Crippen LogP contribution in [0.5, 0.6) is 0 Å². The molecule has 3 aromatic carbocycles. The van der Waals surface area contributed by atoms with E-state index < -0.39 is 28.0 Å². The van der Waals surface area contributed by atoms with Crippen LogP contribution in [0.4, 0.5) is 10.1 Å². The van der Waals surface area contributed by atoms with Gasteiger partial charge in [-0.1, -0.05) is 42.5 Å². The maximum absolute atomic E-state index is 13.8. The maximum Gasteiger partial charge on any atom is 0.241 e. The van der Waals surface area contributed by atoms with Crippen LogP contribution in [-0.2, 0) is 39.6 Å². The lowest BCUT2D eigenvalue weighted by Crippen LogP contribution is -2.33. The van der Waals surface area contributed by atoms with E-state index >= 15 is 0 Å². The van der Waals surface area contributed by atoms with Gasteiger partial charge in [-0.05, 0) is 59.9 Å². The smallest absolute Gasteiger partial charge is 0.241 e. The number of ether oxygens (including phenoxy) is 1. The molecule has 208 valence electrons. The van der Waals surface area contributed by atoms with Crippen molar-refractivity contribution in [2.75, 3.05) is 12.0 Å². The molecule has 1 N–H and O–H groups in total. The minimum Gasteiger partial charge on any atom is -0.376 e. The second-order valence-electron chi connectivity index (χ2n) is 9.83. The number of nitrogens with one attached hydrogen (secondary N) is 1. The summed E-state index contributed by atoms with van der Waals surface area (Å²) in [6.07, 6.45) is 4.41. The number of imidazole rings is 1. The first-order valence-electron chi connectivity index (χ1n) is 13.0. The molecule has 0 unspecified atom stereocenters. The van der Waals surface area contributed by atoms with E-state index in [9.17, 15) is 17.6 Å². The Morgan fingerprint density at radius 1 is 1.15 bits per heavy atom. The zero-order valence-corrected chi connectivity index (χ0v) is 23.1. The SMILES string of the molecule is CO[C@H](CC(=O)N(Cc1nccn1C)c1ccc2c(c1)[C@H](NS(=O)(=O)c1cccc(F)c1)CC2)c1ccccc1. The molecule has 5 rings (SSSR count). The molecule has 10 heteroatoms. The van der Waals surface area contributed by atoms with Gasteiger partial charge in [0.1, 0.15) is 11.6 Å². The molecule has 0 fully saturated rings. The van der Waals surface area contributed by atoms with Gasteiger partial charge in [0.2, 0.25) is 15.9 Å². The lowest BCUT2D eigenvalue weighted by atomic mass is 10.0. The van der Waals surface area contributed by atoms with Crippen LogP contribution < -0.4 is 9.62 Å². The number of carbonyl (C=O) groups excluding carboxylic acids is 1. The fourth-order valence-corrected chi connectivity index (χ4v) is 6.34. The summed E-state index contributed by atoms with van der Waals surface area (Å²) >= 11 is 0. The number of aryl methyl sites for hydroxylation is 2. The number of amides is 1. The molecule has 1 aromatic heterocycles. The van der Waals surface area contributed by atoms with Crippen LogP contribution in [0.15, 0.2) is 90.1 Å². The summed E-state index contributed by atoms with van der Waals surface area (Å²) in [6.45, 7) is 0.228. The standard InChI is InChI=1S/C30H31FN4O4S/c1-34-16-15-32-29(34)20-35(30(36)19-28(39-2)22-7-4-3-5-8-22)24-13-11-21-12-14-27(26(21)18-24)33-40(37,38)25-10-6-9-23(31)17-25/h3-11,13,15-18,27-28,33H,12,14,19-20H2,1-2H3/t27-,28-/m1/s1. The minimum atomic E-state index is -3.96. The van der Waals surface area contributed by atoms with Gasteiger partial charge in [-0.25, -0.2) is 22.5 Å². The monoisotopic (exact) mass is 562 g/mol. The topological polar surface area (TPSA) is 93.5 Å². The first-order chi connectivity index (χ1) is 19.2. The first kappa shape index (κ1) is 27.7. The molecule has 4 aromatic rings. The highest BCUT2D eigenvalue weighted by molar-refractivity contribution is 7.89. The normalized spacial score (nSPS) is 15.5. The van der Waals surface area contributed by atoms with E-state index in [1.54, 1.807) is 18.2 Å². The molecule has 0 saturated heterocycles. The number of hydrogen-bond donors (Lipinski definition) is 1. The third kappa shape index (κ3) is 5.99. The number of rotatable bonds is 10. The summed E-state index contributed by atoms with van der Waals surface area (Å²) in [5, 5.41) is 0. The lowest BCUT2D eigenvalue weighted by molar-refractivity contribution is -0.121. The molecular weight excluding hydrogens is 531 g/mol. The molecule has 0 aliphatic heterocycles. The van der Waals surface area contributed by atoms with Crippen molar-refractivity contribution in [3.8, 4) is 0 Å². The molecule has 1 heterocycles. The van der Waals surface area contributed by atoms with Crippen molar-refractivity contribution in [1.29, 1.82) is 0 Å². The fourth-order valence-electron chi connectivity index (χ4n) is 5.06. The van der Waals surface area contributed by atoms with Crippen molar-refractivity contribution < 1.29 is 22.3 Å². The molecule has 2 atom stereocenters. The zero-order chi connectivity index (χ0) is 28.3. The first-order valence-corrected chi connectivity index (χ1v) is 14.5. The number of methoxy groups -OCH3 is 1. The summed E-state index contributed by atoms with van der Waals surface area (Å²) in [4.78, 5) is 19.8. The van der Waals surface area contributed by atoms with Crippen molar-refractivity contribution >= 4 is 21.6 Å². The Morgan fingerprint density at radius 2 is 1.95 bits per heavy atom. The molecule has 0 bridgehead atoms. The number of nitrogens with zero attached hydrogens (tertiary/aromatic N) is 3. The molecule has 1 aliphatic carbocycles. The van der Waals surface area contributed by atoms with Crippen molar-refractivity contribution in [3.05, 3.63) is 114 Å². The van der Waals surface area contributed by atoms with E-state index in [4.69, 9.17) is 4.74 Å². The quantitative estimate of drug-likeness (QED) is 0.299. The second kappa shape index (κ2) is 11.7. The number of anilines is 1. The van der Waals surface area contributed by atoms with Crippen LogP contribution in [-0.4, -0.2) is 31.0 Å². The predicted molar refractivity (Wildman–Crippen MR) is 149 cm³/mol. The number of halogens is 1. The lowest BCUT2D eigenvalue weighted by Gasteiger charge is -2.26. The Balaban J connectivity index is 1.45. The summed E-state index contributed by atoms with van der Waals surface area (Å²) < 4.78 is 50.1. The largest absolute Gasteiger partial charge is 0.376 e. The molecule has 40 heavy (non-hydrogen) atoms. The van der Waals surface area contributed by atoms with Gasteiger partial charge >= 0.3 is 0 Å². The van der Waals surface area contributed by atoms with Gasteiger partial charge in [-0.15, -0.1) is 0 Å². The van der Waals surface area contributed by atoms with Gasteiger partial charge in [0.25, 0.3) is 0 Å². The minimum absolute atomic E-state index is 0.109. The van der Waals surface area contributed by atoms with Gasteiger partial charge in [0, 0.05) is 38.3 Å². The summed E-state index contributed by atoms with van der Waals surface area (Å²) in [7, 11) is -0.505. The van der Waals surface area contributed by atoms with Gasteiger partial charge in [-0.2, -0.15) is 0 Å². The number of hydrogen-bond acceptors (Lipinski definition) is 5. The van der Waals surface area contributed by atoms with E-state index in [0.717, 1.165) is 22.8 Å². The molecule has 8 nitrogen and oxygen atoms in total. The third-order valence-corrected chi connectivity index (χ3v) is 8.73. The number of carbonyl (C=O) groups is 1. The summed E-state index contributed by atoms with van der Waals surface area (Å²) in [5.74, 6) is -0.0790. The highest BCUT2D eigenvalue weighted by Gasteiger charge is 2.30. The Labute approximate surface area is 233 Å². The van der Waals surface area contributed by atoms with Gasteiger partial charge < -0.3 is 14.2 Å².